The molecular formula is C21H22FN3O3S2. The van der Waals surface area contributed by atoms with Crippen molar-refractivity contribution in [1.82, 2.24) is 9.29 Å². The third-order valence-electron chi connectivity index (χ3n) is 4.57. The number of halogens is 1. The van der Waals surface area contributed by atoms with Crippen LogP contribution in [0.1, 0.15) is 29.1 Å². The van der Waals surface area contributed by atoms with Gasteiger partial charge in [0.25, 0.3) is 5.91 Å². The maximum atomic E-state index is 13.2. The Bertz CT molecular complexity index is 1150. The van der Waals surface area contributed by atoms with E-state index in [0.717, 1.165) is 10.4 Å². The van der Waals surface area contributed by atoms with Crippen molar-refractivity contribution in [3.05, 3.63) is 64.8 Å². The number of nitrogens with zero attached hydrogens (tertiary/aromatic N) is 2. The molecule has 0 bridgehead atoms. The number of anilines is 1. The number of nitrogens with one attached hydrogen (secondary N) is 1. The Labute approximate surface area is 179 Å². The van der Waals surface area contributed by atoms with Crippen LogP contribution >= 0.6 is 11.3 Å². The summed E-state index contributed by atoms with van der Waals surface area (Å²) in [6.45, 7) is 6.09. The van der Waals surface area contributed by atoms with Crippen molar-refractivity contribution in [3.8, 4) is 11.3 Å². The molecule has 0 atom stereocenters. The van der Waals surface area contributed by atoms with Crippen molar-refractivity contribution in [3.63, 3.8) is 0 Å². The van der Waals surface area contributed by atoms with Gasteiger partial charge in [-0.25, -0.2) is 17.8 Å². The monoisotopic (exact) mass is 447 g/mol. The zero-order valence-electron chi connectivity index (χ0n) is 16.8. The van der Waals surface area contributed by atoms with Crippen LogP contribution < -0.4 is 5.32 Å². The van der Waals surface area contributed by atoms with Crippen LogP contribution in [0.3, 0.4) is 0 Å². The highest BCUT2D eigenvalue weighted by atomic mass is 32.2. The number of hydrogen-bond donors (Lipinski definition) is 1. The van der Waals surface area contributed by atoms with E-state index in [0.29, 0.717) is 23.9 Å². The molecule has 1 N–H and O–H groups in total. The van der Waals surface area contributed by atoms with Gasteiger partial charge in [0.15, 0.2) is 5.13 Å². The Kier molecular flexibility index (Phi) is 6.64. The molecule has 0 spiro atoms. The van der Waals surface area contributed by atoms with Crippen molar-refractivity contribution in [2.75, 3.05) is 18.4 Å². The van der Waals surface area contributed by atoms with Gasteiger partial charge >= 0.3 is 0 Å². The SMILES string of the molecule is CCN(CC)S(=O)(=O)c1cccc(C(=O)Nc2nc(-c3ccc(F)cc3)c(C)s2)c1. The molecule has 0 aliphatic heterocycles. The average molecular weight is 448 g/mol. The van der Waals surface area contributed by atoms with Crippen molar-refractivity contribution in [1.29, 1.82) is 0 Å². The van der Waals surface area contributed by atoms with Crippen LogP contribution in [0.25, 0.3) is 11.3 Å². The molecule has 0 saturated carbocycles. The van der Waals surface area contributed by atoms with Gasteiger partial charge in [0.1, 0.15) is 5.82 Å². The number of sulfonamides is 1. The van der Waals surface area contributed by atoms with E-state index < -0.39 is 15.9 Å². The summed E-state index contributed by atoms with van der Waals surface area (Å²) in [6, 6.07) is 11.9. The van der Waals surface area contributed by atoms with Crippen molar-refractivity contribution < 1.29 is 17.6 Å². The van der Waals surface area contributed by atoms with Gasteiger partial charge < -0.3 is 0 Å². The summed E-state index contributed by atoms with van der Waals surface area (Å²) in [5, 5.41) is 3.11. The van der Waals surface area contributed by atoms with Gasteiger partial charge in [-0.05, 0) is 49.4 Å². The van der Waals surface area contributed by atoms with Gasteiger partial charge in [-0.15, -0.1) is 11.3 Å². The smallest absolute Gasteiger partial charge is 0.257 e. The lowest BCUT2D eigenvalue weighted by Gasteiger charge is -2.18. The van der Waals surface area contributed by atoms with Gasteiger partial charge in [0, 0.05) is 29.1 Å². The lowest BCUT2D eigenvalue weighted by Crippen LogP contribution is -2.30. The average Bonchev–Trinajstić information content (AvgIpc) is 3.09. The molecule has 6 nitrogen and oxygen atoms in total. The maximum Gasteiger partial charge on any atom is 0.257 e. The Hall–Kier alpha value is -2.62. The number of amides is 1. The minimum Gasteiger partial charge on any atom is -0.298 e. The zero-order valence-corrected chi connectivity index (χ0v) is 18.5. The predicted octanol–water partition coefficient (Wildman–Crippen LogP) is 4.54. The molecule has 2 aromatic carbocycles. The minimum absolute atomic E-state index is 0.0705. The van der Waals surface area contributed by atoms with E-state index in [1.54, 1.807) is 38.1 Å². The Balaban J connectivity index is 1.84. The highest BCUT2D eigenvalue weighted by Crippen LogP contribution is 2.30. The molecule has 3 aromatic rings. The normalized spacial score (nSPS) is 11.6. The van der Waals surface area contributed by atoms with Crippen LogP contribution in [0.5, 0.6) is 0 Å². The summed E-state index contributed by atoms with van der Waals surface area (Å²) in [5.74, 6) is -0.786. The van der Waals surface area contributed by atoms with Crippen molar-refractivity contribution in [2.45, 2.75) is 25.7 Å². The Morgan fingerprint density at radius 3 is 2.43 bits per heavy atom. The van der Waals surface area contributed by atoms with Gasteiger partial charge in [-0.2, -0.15) is 4.31 Å². The van der Waals surface area contributed by atoms with Crippen LogP contribution in [-0.2, 0) is 10.0 Å². The number of rotatable bonds is 7. The van der Waals surface area contributed by atoms with E-state index in [2.05, 4.69) is 10.3 Å². The number of carbonyl (C=O) groups excluding carboxylic acids is 1. The third kappa shape index (κ3) is 4.58. The summed E-state index contributed by atoms with van der Waals surface area (Å²) >= 11 is 1.29. The lowest BCUT2D eigenvalue weighted by molar-refractivity contribution is 0.102. The summed E-state index contributed by atoms with van der Waals surface area (Å²) in [7, 11) is -3.66. The molecule has 30 heavy (non-hydrogen) atoms. The fraction of sp³-hybridized carbons (Fsp3) is 0.238. The molecule has 1 aromatic heterocycles. The summed E-state index contributed by atoms with van der Waals surface area (Å²) in [6.07, 6.45) is 0. The van der Waals surface area contributed by atoms with E-state index in [1.807, 2.05) is 6.92 Å². The summed E-state index contributed by atoms with van der Waals surface area (Å²) in [4.78, 5) is 18.1. The number of benzene rings is 2. The molecule has 0 unspecified atom stereocenters. The largest absolute Gasteiger partial charge is 0.298 e. The molecule has 1 heterocycles. The number of carbonyl (C=O) groups is 1. The van der Waals surface area contributed by atoms with E-state index in [1.165, 1.54) is 39.9 Å². The molecular weight excluding hydrogens is 425 g/mol. The second kappa shape index (κ2) is 9.03. The number of thiazole rings is 1. The summed E-state index contributed by atoms with van der Waals surface area (Å²) in [5.41, 5.74) is 1.63. The van der Waals surface area contributed by atoms with Gasteiger partial charge in [0.2, 0.25) is 10.0 Å². The van der Waals surface area contributed by atoms with Crippen LogP contribution in [0.15, 0.2) is 53.4 Å². The van der Waals surface area contributed by atoms with Crippen molar-refractivity contribution >= 4 is 32.4 Å². The second-order valence-corrected chi connectivity index (χ2v) is 9.64. The van der Waals surface area contributed by atoms with Crippen molar-refractivity contribution in [2.24, 2.45) is 0 Å². The molecule has 0 aliphatic carbocycles. The zero-order chi connectivity index (χ0) is 21.9. The molecule has 9 heteroatoms. The maximum absolute atomic E-state index is 13.2. The fourth-order valence-electron chi connectivity index (χ4n) is 3.01. The predicted molar refractivity (Wildman–Crippen MR) is 117 cm³/mol. The minimum atomic E-state index is -3.66. The number of aromatic nitrogens is 1. The first kappa shape index (κ1) is 22.1. The molecule has 0 radical (unpaired) electrons. The first-order valence-corrected chi connectivity index (χ1v) is 11.7. The van der Waals surface area contributed by atoms with Gasteiger partial charge in [-0.3, -0.25) is 10.1 Å². The van der Waals surface area contributed by atoms with Gasteiger partial charge in [0.05, 0.1) is 10.6 Å². The molecule has 158 valence electrons. The third-order valence-corrected chi connectivity index (χ3v) is 7.51. The highest BCUT2D eigenvalue weighted by Gasteiger charge is 2.23. The molecule has 0 saturated heterocycles. The molecule has 0 aliphatic rings. The standard InChI is InChI=1S/C21H22FN3O3S2/c1-4-25(5-2)30(27,28)18-8-6-7-16(13-18)20(26)24-21-23-19(14(3)29-21)15-9-11-17(22)12-10-15/h6-13H,4-5H2,1-3H3,(H,23,24,26). The van der Waals surface area contributed by atoms with Crippen LogP contribution in [-0.4, -0.2) is 36.7 Å². The van der Waals surface area contributed by atoms with E-state index in [9.17, 15) is 17.6 Å². The second-order valence-electron chi connectivity index (χ2n) is 6.50. The summed E-state index contributed by atoms with van der Waals surface area (Å²) < 4.78 is 39.9. The highest BCUT2D eigenvalue weighted by molar-refractivity contribution is 7.89. The molecule has 1 amide bonds. The van der Waals surface area contributed by atoms with E-state index in [4.69, 9.17) is 0 Å². The van der Waals surface area contributed by atoms with E-state index >= 15 is 0 Å². The Morgan fingerprint density at radius 1 is 1.13 bits per heavy atom. The van der Waals surface area contributed by atoms with Crippen LogP contribution in [0.2, 0.25) is 0 Å². The topological polar surface area (TPSA) is 79.4 Å². The quantitative estimate of drug-likeness (QED) is 0.577. The van der Waals surface area contributed by atoms with Crippen LogP contribution in [0.4, 0.5) is 9.52 Å². The number of hydrogen-bond acceptors (Lipinski definition) is 5. The molecule has 0 fully saturated rings. The first-order chi connectivity index (χ1) is 14.3. The van der Waals surface area contributed by atoms with E-state index in [-0.39, 0.29) is 16.3 Å². The first-order valence-electron chi connectivity index (χ1n) is 9.41. The number of aryl methyl sites for hydroxylation is 1. The fourth-order valence-corrected chi connectivity index (χ4v) is 5.34. The molecule has 3 rings (SSSR count). The lowest BCUT2D eigenvalue weighted by atomic mass is 10.1. The Morgan fingerprint density at radius 2 is 1.80 bits per heavy atom. The van der Waals surface area contributed by atoms with Gasteiger partial charge in [-0.1, -0.05) is 19.9 Å². The van der Waals surface area contributed by atoms with Crippen LogP contribution in [0, 0.1) is 12.7 Å².